The molecule has 2 aromatic heterocycles. The van der Waals surface area contributed by atoms with Gasteiger partial charge in [0.1, 0.15) is 11.5 Å². The Hall–Kier alpha value is -3.16. The zero-order valence-electron chi connectivity index (χ0n) is 19.9. The van der Waals surface area contributed by atoms with Crippen LogP contribution in [0, 0.1) is 13.8 Å². The fourth-order valence-corrected chi connectivity index (χ4v) is 3.95. The SMILES string of the molecule is CCOC(=O)c1ncc2c(c1C)CCCCO2.CCOC(=O)c1ncc2c(c1C)CCCO2. The maximum atomic E-state index is 11.7. The zero-order chi connectivity index (χ0) is 23.8. The fourth-order valence-electron chi connectivity index (χ4n) is 3.95. The first kappa shape index (κ1) is 24.5. The third kappa shape index (κ3) is 5.80. The first-order chi connectivity index (χ1) is 16.0. The van der Waals surface area contributed by atoms with E-state index < -0.39 is 0 Å². The van der Waals surface area contributed by atoms with Crippen LogP contribution in [0.25, 0.3) is 0 Å². The van der Waals surface area contributed by atoms with Crippen molar-refractivity contribution in [3.63, 3.8) is 0 Å². The van der Waals surface area contributed by atoms with E-state index in [0.29, 0.717) is 24.6 Å². The van der Waals surface area contributed by atoms with Crippen molar-refractivity contribution >= 4 is 11.9 Å². The predicted octanol–water partition coefficient (Wildman–Crippen LogP) is 4.17. The normalized spacial score (nSPS) is 14.2. The summed E-state index contributed by atoms with van der Waals surface area (Å²) in [6.45, 7) is 9.58. The summed E-state index contributed by atoms with van der Waals surface area (Å²) >= 11 is 0. The molecule has 4 heterocycles. The average Bonchev–Trinajstić information content (AvgIpc) is 3.07. The van der Waals surface area contributed by atoms with Crippen LogP contribution in [-0.2, 0) is 22.3 Å². The number of nitrogens with zero attached hydrogens (tertiary/aromatic N) is 2. The molecule has 33 heavy (non-hydrogen) atoms. The topological polar surface area (TPSA) is 96.8 Å². The second-order valence-electron chi connectivity index (χ2n) is 7.85. The van der Waals surface area contributed by atoms with Gasteiger partial charge in [-0.25, -0.2) is 19.6 Å². The molecular weight excluding hydrogens is 424 g/mol. The molecule has 0 saturated heterocycles. The first-order valence-corrected chi connectivity index (χ1v) is 11.5. The standard InChI is InChI=1S/C13H17NO3.C12H15NO3/c1-3-16-13(15)12-9(2)10-6-4-5-7-17-11(10)8-14-12;1-3-15-12(14)11-8(2)9-5-4-6-16-10(9)7-13-11/h8H,3-7H2,1-2H3;7H,3-6H2,1-2H3. The van der Waals surface area contributed by atoms with Crippen LogP contribution in [0.3, 0.4) is 0 Å². The number of ether oxygens (including phenoxy) is 4. The maximum absolute atomic E-state index is 11.7. The summed E-state index contributed by atoms with van der Waals surface area (Å²) in [4.78, 5) is 31.6. The number of fused-ring (bicyclic) bond motifs is 2. The average molecular weight is 457 g/mol. The number of pyridine rings is 2. The molecule has 0 saturated carbocycles. The zero-order valence-corrected chi connectivity index (χ0v) is 19.9. The van der Waals surface area contributed by atoms with Crippen LogP contribution in [0.4, 0.5) is 0 Å². The minimum atomic E-state index is -0.353. The van der Waals surface area contributed by atoms with Gasteiger partial charge in [-0.2, -0.15) is 0 Å². The van der Waals surface area contributed by atoms with Gasteiger partial charge in [-0.3, -0.25) is 0 Å². The number of hydrogen-bond donors (Lipinski definition) is 0. The van der Waals surface area contributed by atoms with Crippen molar-refractivity contribution in [1.82, 2.24) is 9.97 Å². The van der Waals surface area contributed by atoms with Gasteiger partial charge in [0.2, 0.25) is 0 Å². The molecule has 4 rings (SSSR count). The smallest absolute Gasteiger partial charge is 0.357 e. The number of esters is 2. The number of carbonyl (C=O) groups excluding carboxylic acids is 2. The highest BCUT2D eigenvalue weighted by atomic mass is 16.5. The van der Waals surface area contributed by atoms with Gasteiger partial charge in [0.15, 0.2) is 11.4 Å². The molecular formula is C25H32N2O6. The minimum Gasteiger partial charge on any atom is -0.492 e. The molecule has 2 aliphatic heterocycles. The monoisotopic (exact) mass is 456 g/mol. The molecule has 0 N–H and O–H groups in total. The molecule has 8 nitrogen and oxygen atoms in total. The number of aromatic nitrogens is 2. The van der Waals surface area contributed by atoms with Gasteiger partial charge in [0, 0.05) is 11.1 Å². The Morgan fingerprint density at radius 1 is 0.788 bits per heavy atom. The Kier molecular flexibility index (Phi) is 8.63. The van der Waals surface area contributed by atoms with Crippen molar-refractivity contribution in [2.24, 2.45) is 0 Å². The molecule has 0 aliphatic carbocycles. The van der Waals surface area contributed by atoms with Crippen molar-refractivity contribution in [2.45, 2.75) is 59.8 Å². The largest absolute Gasteiger partial charge is 0.492 e. The van der Waals surface area contributed by atoms with Crippen molar-refractivity contribution in [2.75, 3.05) is 26.4 Å². The third-order valence-corrected chi connectivity index (χ3v) is 5.68. The molecule has 2 aliphatic rings. The molecule has 8 heteroatoms. The maximum Gasteiger partial charge on any atom is 0.357 e. The summed E-state index contributed by atoms with van der Waals surface area (Å²) in [5, 5.41) is 0. The molecule has 0 fully saturated rings. The Morgan fingerprint density at radius 3 is 1.73 bits per heavy atom. The third-order valence-electron chi connectivity index (χ3n) is 5.68. The van der Waals surface area contributed by atoms with Gasteiger partial charge in [-0.05, 0) is 70.9 Å². The lowest BCUT2D eigenvalue weighted by molar-refractivity contribution is 0.0508. The second-order valence-corrected chi connectivity index (χ2v) is 7.85. The van der Waals surface area contributed by atoms with E-state index in [1.807, 2.05) is 13.8 Å². The molecule has 2 aromatic rings. The summed E-state index contributed by atoms with van der Waals surface area (Å²) in [6.07, 6.45) is 8.25. The molecule has 178 valence electrons. The molecule has 0 spiro atoms. The van der Waals surface area contributed by atoms with Gasteiger partial charge in [0.25, 0.3) is 0 Å². The van der Waals surface area contributed by atoms with Crippen LogP contribution < -0.4 is 9.47 Å². The molecule has 0 amide bonds. The molecule has 0 unspecified atom stereocenters. The summed E-state index contributed by atoms with van der Waals surface area (Å²) in [6, 6.07) is 0. The van der Waals surface area contributed by atoms with Gasteiger partial charge >= 0.3 is 11.9 Å². The highest BCUT2D eigenvalue weighted by molar-refractivity contribution is 5.90. The molecule has 0 atom stereocenters. The van der Waals surface area contributed by atoms with E-state index in [1.54, 1.807) is 26.2 Å². The molecule has 0 radical (unpaired) electrons. The van der Waals surface area contributed by atoms with E-state index in [-0.39, 0.29) is 11.9 Å². The summed E-state index contributed by atoms with van der Waals surface area (Å²) in [7, 11) is 0. The Morgan fingerprint density at radius 2 is 1.24 bits per heavy atom. The lowest BCUT2D eigenvalue weighted by Gasteiger charge is -2.19. The highest BCUT2D eigenvalue weighted by Crippen LogP contribution is 2.29. The minimum absolute atomic E-state index is 0.350. The van der Waals surface area contributed by atoms with E-state index in [1.165, 1.54) is 0 Å². The van der Waals surface area contributed by atoms with E-state index in [4.69, 9.17) is 18.9 Å². The predicted molar refractivity (Wildman–Crippen MR) is 122 cm³/mol. The van der Waals surface area contributed by atoms with E-state index in [2.05, 4.69) is 9.97 Å². The van der Waals surface area contributed by atoms with Crippen molar-refractivity contribution < 1.29 is 28.5 Å². The number of carbonyl (C=O) groups is 2. The number of rotatable bonds is 4. The number of hydrogen-bond acceptors (Lipinski definition) is 8. The fraction of sp³-hybridized carbons (Fsp3) is 0.520. The van der Waals surface area contributed by atoms with E-state index >= 15 is 0 Å². The van der Waals surface area contributed by atoms with Crippen LogP contribution in [0.2, 0.25) is 0 Å². The van der Waals surface area contributed by atoms with Crippen LogP contribution in [0.15, 0.2) is 12.4 Å². The highest BCUT2D eigenvalue weighted by Gasteiger charge is 2.21. The molecule has 0 aromatic carbocycles. The lowest BCUT2D eigenvalue weighted by atomic mass is 10.0. The van der Waals surface area contributed by atoms with E-state index in [9.17, 15) is 9.59 Å². The Labute approximate surface area is 194 Å². The quantitative estimate of drug-likeness (QED) is 0.633. The van der Waals surface area contributed by atoms with Gasteiger partial charge in [-0.1, -0.05) is 0 Å². The van der Waals surface area contributed by atoms with Crippen LogP contribution in [0.1, 0.15) is 76.3 Å². The van der Waals surface area contributed by atoms with Crippen LogP contribution in [-0.4, -0.2) is 48.3 Å². The van der Waals surface area contributed by atoms with Gasteiger partial charge in [0.05, 0.1) is 38.8 Å². The second kappa shape index (κ2) is 11.6. The van der Waals surface area contributed by atoms with E-state index in [0.717, 1.165) is 79.1 Å². The van der Waals surface area contributed by atoms with Crippen molar-refractivity contribution in [3.8, 4) is 11.5 Å². The Bertz CT molecular complexity index is 1000. The lowest BCUT2D eigenvalue weighted by Crippen LogP contribution is -2.15. The Balaban J connectivity index is 0.000000186. The summed E-state index contributed by atoms with van der Waals surface area (Å²) in [5.74, 6) is 0.912. The van der Waals surface area contributed by atoms with Crippen LogP contribution >= 0.6 is 0 Å². The van der Waals surface area contributed by atoms with Crippen molar-refractivity contribution in [3.05, 3.63) is 46.0 Å². The van der Waals surface area contributed by atoms with Gasteiger partial charge < -0.3 is 18.9 Å². The van der Waals surface area contributed by atoms with Gasteiger partial charge in [-0.15, -0.1) is 0 Å². The summed E-state index contributed by atoms with van der Waals surface area (Å²) < 4.78 is 21.0. The van der Waals surface area contributed by atoms with Crippen LogP contribution in [0.5, 0.6) is 11.5 Å². The summed E-state index contributed by atoms with van der Waals surface area (Å²) in [5.41, 5.74) is 4.78. The molecule has 0 bridgehead atoms. The van der Waals surface area contributed by atoms with Crippen molar-refractivity contribution in [1.29, 1.82) is 0 Å². The first-order valence-electron chi connectivity index (χ1n) is 11.5.